The SMILES string of the molecule is CCCCCCCCCCCCCCCCCCCCCCCCCCNC(=O)CCCCCCCCCCCCCCCCCCCCCCCCCC. The first kappa shape index (κ1) is 54.5. The molecule has 0 aromatic heterocycles. The van der Waals surface area contributed by atoms with Crippen molar-refractivity contribution in [2.24, 2.45) is 0 Å². The van der Waals surface area contributed by atoms with E-state index in [0.717, 1.165) is 25.8 Å². The monoisotopic (exact) mass is 774 g/mol. The van der Waals surface area contributed by atoms with Gasteiger partial charge < -0.3 is 5.32 Å². The predicted molar refractivity (Wildman–Crippen MR) is 251 cm³/mol. The van der Waals surface area contributed by atoms with Crippen LogP contribution in [-0.2, 0) is 4.79 Å². The van der Waals surface area contributed by atoms with Gasteiger partial charge in [0.25, 0.3) is 0 Å². The number of hydrogen-bond donors (Lipinski definition) is 1. The summed E-state index contributed by atoms with van der Waals surface area (Å²) in [6.45, 7) is 5.50. The fourth-order valence-corrected chi connectivity index (χ4v) is 8.65. The van der Waals surface area contributed by atoms with Crippen molar-refractivity contribution in [3.05, 3.63) is 0 Å². The van der Waals surface area contributed by atoms with E-state index < -0.39 is 0 Å². The molecule has 2 heteroatoms. The number of rotatable bonds is 50. The first-order valence-corrected chi connectivity index (χ1v) is 26.6. The van der Waals surface area contributed by atoms with E-state index >= 15 is 0 Å². The second-order valence-electron chi connectivity index (χ2n) is 18.4. The van der Waals surface area contributed by atoms with Crippen molar-refractivity contribution in [2.75, 3.05) is 6.54 Å². The summed E-state index contributed by atoms with van der Waals surface area (Å²) in [6.07, 6.45) is 69.0. The Morgan fingerprint density at radius 3 is 0.600 bits per heavy atom. The Morgan fingerprint density at radius 2 is 0.400 bits per heavy atom. The third kappa shape index (κ3) is 51.5. The summed E-state index contributed by atoms with van der Waals surface area (Å²) in [5.41, 5.74) is 0. The summed E-state index contributed by atoms with van der Waals surface area (Å²) < 4.78 is 0. The van der Waals surface area contributed by atoms with Crippen LogP contribution in [0.25, 0.3) is 0 Å². The van der Waals surface area contributed by atoms with Gasteiger partial charge in [-0.15, -0.1) is 0 Å². The molecule has 330 valence electrons. The molecule has 0 aliphatic carbocycles. The molecule has 0 bridgehead atoms. The van der Waals surface area contributed by atoms with Gasteiger partial charge in [-0.1, -0.05) is 309 Å². The van der Waals surface area contributed by atoms with Gasteiger partial charge in [0.1, 0.15) is 0 Å². The minimum absolute atomic E-state index is 0.285. The van der Waals surface area contributed by atoms with Gasteiger partial charge in [0.05, 0.1) is 0 Å². The van der Waals surface area contributed by atoms with E-state index in [9.17, 15) is 4.79 Å². The van der Waals surface area contributed by atoms with E-state index in [1.54, 1.807) is 0 Å². The van der Waals surface area contributed by atoms with E-state index in [-0.39, 0.29) is 5.91 Å². The molecule has 0 aromatic carbocycles. The van der Waals surface area contributed by atoms with Crippen molar-refractivity contribution >= 4 is 5.91 Å². The van der Waals surface area contributed by atoms with Crippen LogP contribution < -0.4 is 5.32 Å². The highest BCUT2D eigenvalue weighted by molar-refractivity contribution is 5.75. The summed E-state index contributed by atoms with van der Waals surface area (Å²) in [5.74, 6) is 0.285. The van der Waals surface area contributed by atoms with Gasteiger partial charge in [0.15, 0.2) is 0 Å². The van der Waals surface area contributed by atoms with Crippen LogP contribution in [0, 0.1) is 0 Å². The third-order valence-corrected chi connectivity index (χ3v) is 12.6. The van der Waals surface area contributed by atoms with Gasteiger partial charge in [0.2, 0.25) is 5.91 Å². The molecule has 1 N–H and O–H groups in total. The smallest absolute Gasteiger partial charge is 0.219 e. The quantitative estimate of drug-likeness (QED) is 0.0613. The highest BCUT2D eigenvalue weighted by Gasteiger charge is 2.02. The average Bonchev–Trinajstić information content (AvgIpc) is 3.19. The third-order valence-electron chi connectivity index (χ3n) is 12.6. The summed E-state index contributed by atoms with van der Waals surface area (Å²) in [6, 6.07) is 0. The first-order valence-electron chi connectivity index (χ1n) is 26.6. The van der Waals surface area contributed by atoms with E-state index in [1.165, 1.54) is 295 Å². The fourth-order valence-electron chi connectivity index (χ4n) is 8.65. The maximum absolute atomic E-state index is 12.2. The molecule has 0 unspecified atom stereocenters. The van der Waals surface area contributed by atoms with E-state index in [1.807, 2.05) is 0 Å². The first-order chi connectivity index (χ1) is 27.3. The van der Waals surface area contributed by atoms with E-state index in [4.69, 9.17) is 0 Å². The van der Waals surface area contributed by atoms with Crippen LogP contribution in [0.5, 0.6) is 0 Å². The van der Waals surface area contributed by atoms with Crippen LogP contribution in [-0.4, -0.2) is 12.5 Å². The van der Waals surface area contributed by atoms with Crippen LogP contribution in [0.15, 0.2) is 0 Å². The lowest BCUT2D eigenvalue weighted by Crippen LogP contribution is -2.23. The lowest BCUT2D eigenvalue weighted by atomic mass is 10.0. The van der Waals surface area contributed by atoms with Crippen molar-refractivity contribution in [3.63, 3.8) is 0 Å². The normalized spacial score (nSPS) is 11.5. The molecule has 0 spiro atoms. The molecule has 0 rings (SSSR count). The molecule has 0 atom stereocenters. The van der Waals surface area contributed by atoms with Crippen molar-refractivity contribution in [1.29, 1.82) is 0 Å². The van der Waals surface area contributed by atoms with Crippen molar-refractivity contribution in [3.8, 4) is 0 Å². The van der Waals surface area contributed by atoms with Crippen LogP contribution in [0.2, 0.25) is 0 Å². The Hall–Kier alpha value is -0.530. The standard InChI is InChI=1S/C53H107NO/c1-3-5-7-9-11-13-15-17-19-21-23-25-27-29-31-33-35-37-39-41-43-45-47-49-51-53(55)54-52-50-48-46-44-42-40-38-36-34-32-30-28-26-24-22-20-18-16-14-12-10-8-6-4-2/h3-52H2,1-2H3,(H,54,55). The predicted octanol–water partition coefficient (Wildman–Crippen LogP) is 19.3. The number of unbranched alkanes of at least 4 members (excludes halogenated alkanes) is 46. The lowest BCUT2D eigenvalue weighted by molar-refractivity contribution is -0.121. The number of carbonyl (C=O) groups is 1. The van der Waals surface area contributed by atoms with Gasteiger partial charge in [-0.05, 0) is 12.8 Å². The van der Waals surface area contributed by atoms with Crippen molar-refractivity contribution in [2.45, 2.75) is 328 Å². The van der Waals surface area contributed by atoms with Crippen molar-refractivity contribution in [1.82, 2.24) is 5.32 Å². The van der Waals surface area contributed by atoms with Gasteiger partial charge in [-0.2, -0.15) is 0 Å². The summed E-state index contributed by atoms with van der Waals surface area (Å²) >= 11 is 0. The van der Waals surface area contributed by atoms with Crippen molar-refractivity contribution < 1.29 is 4.79 Å². The number of hydrogen-bond acceptors (Lipinski definition) is 1. The lowest BCUT2D eigenvalue weighted by Gasteiger charge is -2.06. The minimum Gasteiger partial charge on any atom is -0.356 e. The Balaban J connectivity index is 3.14. The maximum atomic E-state index is 12.2. The fraction of sp³-hybridized carbons (Fsp3) is 0.981. The molecule has 0 radical (unpaired) electrons. The number of amides is 1. The molecule has 0 heterocycles. The van der Waals surface area contributed by atoms with Gasteiger partial charge >= 0.3 is 0 Å². The van der Waals surface area contributed by atoms with Gasteiger partial charge in [0, 0.05) is 13.0 Å². The zero-order chi connectivity index (χ0) is 39.6. The molecule has 2 nitrogen and oxygen atoms in total. The molecular weight excluding hydrogens is 667 g/mol. The largest absolute Gasteiger partial charge is 0.356 e. The molecule has 0 aliphatic heterocycles. The topological polar surface area (TPSA) is 29.1 Å². The van der Waals surface area contributed by atoms with Crippen LogP contribution >= 0.6 is 0 Å². The molecule has 0 aliphatic rings. The van der Waals surface area contributed by atoms with E-state index in [2.05, 4.69) is 19.2 Å². The van der Waals surface area contributed by atoms with Gasteiger partial charge in [-0.25, -0.2) is 0 Å². The van der Waals surface area contributed by atoms with Crippen LogP contribution in [0.3, 0.4) is 0 Å². The summed E-state index contributed by atoms with van der Waals surface area (Å²) in [7, 11) is 0. The summed E-state index contributed by atoms with van der Waals surface area (Å²) in [5, 5.41) is 3.18. The van der Waals surface area contributed by atoms with Crippen LogP contribution in [0.4, 0.5) is 0 Å². The Morgan fingerprint density at radius 1 is 0.236 bits per heavy atom. The molecular formula is C53H107NO. The molecule has 0 fully saturated rings. The molecule has 0 aromatic rings. The highest BCUT2D eigenvalue weighted by atomic mass is 16.1. The Labute approximate surface area is 349 Å². The summed E-state index contributed by atoms with van der Waals surface area (Å²) in [4.78, 5) is 12.2. The Bertz CT molecular complexity index is 675. The second kappa shape index (κ2) is 51.5. The molecule has 1 amide bonds. The molecule has 55 heavy (non-hydrogen) atoms. The zero-order valence-electron chi connectivity index (χ0n) is 38.8. The minimum atomic E-state index is 0.285. The van der Waals surface area contributed by atoms with E-state index in [0.29, 0.717) is 0 Å². The number of nitrogens with one attached hydrogen (secondary N) is 1. The molecule has 0 saturated heterocycles. The average molecular weight is 774 g/mol. The second-order valence-corrected chi connectivity index (χ2v) is 18.4. The highest BCUT2D eigenvalue weighted by Crippen LogP contribution is 2.18. The van der Waals surface area contributed by atoms with Gasteiger partial charge in [-0.3, -0.25) is 4.79 Å². The maximum Gasteiger partial charge on any atom is 0.219 e. The number of carbonyl (C=O) groups excluding carboxylic acids is 1. The molecule has 0 saturated carbocycles. The van der Waals surface area contributed by atoms with Crippen LogP contribution in [0.1, 0.15) is 328 Å². The zero-order valence-corrected chi connectivity index (χ0v) is 38.8. The Kier molecular flexibility index (Phi) is 51.0.